The number of carbonyl (C=O) groups is 1. The van der Waals surface area contributed by atoms with Crippen LogP contribution in [0.5, 0.6) is 0 Å². The number of nitrogens with zero attached hydrogens (tertiary/aromatic N) is 3. The number of carbonyl (C=O) groups excluding carboxylic acids is 1. The van der Waals surface area contributed by atoms with E-state index >= 15 is 0 Å². The highest BCUT2D eigenvalue weighted by atomic mass is 32.2. The number of nitrogens with one attached hydrogen (secondary N) is 2. The Labute approximate surface area is 186 Å². The van der Waals surface area contributed by atoms with Crippen LogP contribution in [0.4, 0.5) is 0 Å². The van der Waals surface area contributed by atoms with Crippen molar-refractivity contribution in [3.8, 4) is 5.69 Å². The van der Waals surface area contributed by atoms with Crippen LogP contribution in [0.1, 0.15) is 41.7 Å². The van der Waals surface area contributed by atoms with Crippen LogP contribution in [-0.2, 0) is 14.8 Å². The molecule has 0 bridgehead atoms. The average molecular weight is 456 g/mol. The predicted molar refractivity (Wildman–Crippen MR) is 118 cm³/mol. The van der Waals surface area contributed by atoms with Gasteiger partial charge in [0.15, 0.2) is 0 Å². The number of ether oxygens (including phenoxy) is 1. The molecule has 4 rings (SSSR count). The minimum absolute atomic E-state index is 0.0491. The van der Waals surface area contributed by atoms with Gasteiger partial charge in [0, 0.05) is 18.7 Å². The topological polar surface area (TPSA) is 115 Å². The fraction of sp³-hybridized carbons (Fsp3) is 0.318. The Kier molecular flexibility index (Phi) is 6.63. The van der Waals surface area contributed by atoms with Gasteiger partial charge in [0.1, 0.15) is 12.7 Å². The molecular formula is C22H25N5O4S. The molecule has 0 unspecified atom stereocenters. The first kappa shape index (κ1) is 22.1. The Bertz CT molecular complexity index is 1160. The van der Waals surface area contributed by atoms with E-state index in [0.29, 0.717) is 6.61 Å². The van der Waals surface area contributed by atoms with Gasteiger partial charge in [0.2, 0.25) is 10.0 Å². The van der Waals surface area contributed by atoms with E-state index in [2.05, 4.69) is 20.1 Å². The van der Waals surface area contributed by atoms with Crippen molar-refractivity contribution in [3.63, 3.8) is 0 Å². The molecule has 9 nitrogen and oxygen atoms in total. The molecule has 32 heavy (non-hydrogen) atoms. The minimum atomic E-state index is -3.73. The molecule has 0 aliphatic carbocycles. The van der Waals surface area contributed by atoms with Crippen molar-refractivity contribution < 1.29 is 17.9 Å². The van der Waals surface area contributed by atoms with Gasteiger partial charge in [0.05, 0.1) is 22.7 Å². The van der Waals surface area contributed by atoms with E-state index in [1.165, 1.54) is 18.5 Å². The molecule has 1 aliphatic heterocycles. The van der Waals surface area contributed by atoms with Crippen molar-refractivity contribution in [1.29, 1.82) is 0 Å². The molecule has 1 aliphatic rings. The van der Waals surface area contributed by atoms with Crippen molar-refractivity contribution in [1.82, 2.24) is 24.8 Å². The monoisotopic (exact) mass is 455 g/mol. The van der Waals surface area contributed by atoms with E-state index in [-0.39, 0.29) is 35.1 Å². The highest BCUT2D eigenvalue weighted by Gasteiger charge is 2.21. The molecule has 2 heterocycles. The van der Waals surface area contributed by atoms with E-state index in [0.717, 1.165) is 24.1 Å². The van der Waals surface area contributed by atoms with Crippen molar-refractivity contribution in [2.45, 2.75) is 36.8 Å². The Morgan fingerprint density at radius 1 is 1.25 bits per heavy atom. The summed E-state index contributed by atoms with van der Waals surface area (Å²) < 4.78 is 34.9. The maximum Gasteiger partial charge on any atom is 0.251 e. The molecule has 0 spiro atoms. The standard InChI is InChI=1S/C22H25N5O4S/c1-16(17-7-9-19(10-8-17)27-15-23-14-24-27)26-22(28)18-4-2-6-21(12-18)32(29,30)25-13-20-5-3-11-31-20/h2,4,6-10,12,14-16,20,25H,3,5,11,13H2,1H3,(H,26,28)/t16-,20+/m0/s1. The van der Waals surface area contributed by atoms with Crippen molar-refractivity contribution in [2.75, 3.05) is 13.2 Å². The number of sulfonamides is 1. The molecule has 1 aromatic heterocycles. The normalized spacial score (nSPS) is 17.2. The Morgan fingerprint density at radius 2 is 2.06 bits per heavy atom. The molecule has 1 saturated heterocycles. The number of aromatic nitrogens is 3. The third-order valence-electron chi connectivity index (χ3n) is 5.36. The molecule has 3 aromatic rings. The summed E-state index contributed by atoms with van der Waals surface area (Å²) in [5, 5.41) is 7.00. The van der Waals surface area contributed by atoms with Gasteiger partial charge in [-0.15, -0.1) is 0 Å². The smallest absolute Gasteiger partial charge is 0.251 e. The average Bonchev–Trinajstić information content (AvgIpc) is 3.52. The predicted octanol–water partition coefficient (Wildman–Crippen LogP) is 2.22. The van der Waals surface area contributed by atoms with Gasteiger partial charge in [0.25, 0.3) is 5.91 Å². The van der Waals surface area contributed by atoms with Gasteiger partial charge in [-0.1, -0.05) is 18.2 Å². The van der Waals surface area contributed by atoms with Crippen LogP contribution >= 0.6 is 0 Å². The lowest BCUT2D eigenvalue weighted by Crippen LogP contribution is -2.32. The second-order valence-electron chi connectivity index (χ2n) is 7.64. The minimum Gasteiger partial charge on any atom is -0.377 e. The zero-order chi connectivity index (χ0) is 22.6. The third-order valence-corrected chi connectivity index (χ3v) is 6.78. The van der Waals surface area contributed by atoms with Crippen LogP contribution in [0.3, 0.4) is 0 Å². The third kappa shape index (κ3) is 5.21. The first-order chi connectivity index (χ1) is 15.4. The number of hydrogen-bond acceptors (Lipinski definition) is 6. The van der Waals surface area contributed by atoms with Crippen LogP contribution in [0.25, 0.3) is 5.69 Å². The molecule has 1 amide bonds. The molecule has 0 radical (unpaired) electrons. The summed E-state index contributed by atoms with van der Waals surface area (Å²) in [5.74, 6) is -0.353. The lowest BCUT2D eigenvalue weighted by molar-refractivity contribution is 0.0939. The van der Waals surface area contributed by atoms with Crippen LogP contribution in [0.15, 0.2) is 66.1 Å². The fourth-order valence-electron chi connectivity index (χ4n) is 3.52. The van der Waals surface area contributed by atoms with E-state index in [1.807, 2.05) is 31.2 Å². The van der Waals surface area contributed by atoms with Crippen LogP contribution < -0.4 is 10.0 Å². The molecule has 2 aromatic carbocycles. The summed E-state index contributed by atoms with van der Waals surface area (Å²) in [6.45, 7) is 2.75. The van der Waals surface area contributed by atoms with Crippen LogP contribution in [0, 0.1) is 0 Å². The van der Waals surface area contributed by atoms with Crippen molar-refractivity contribution in [3.05, 3.63) is 72.3 Å². The Balaban J connectivity index is 1.40. The lowest BCUT2D eigenvalue weighted by atomic mass is 10.1. The first-order valence-electron chi connectivity index (χ1n) is 10.4. The maximum absolute atomic E-state index is 12.8. The SMILES string of the molecule is C[C@H](NC(=O)c1cccc(S(=O)(=O)NC[C@H]2CCCO2)c1)c1ccc(-n2cncn2)cc1. The van der Waals surface area contributed by atoms with Gasteiger partial charge in [-0.2, -0.15) is 5.10 Å². The summed E-state index contributed by atoms with van der Waals surface area (Å²) in [7, 11) is -3.73. The van der Waals surface area contributed by atoms with Crippen molar-refractivity contribution in [2.24, 2.45) is 0 Å². The Morgan fingerprint density at radius 3 is 2.75 bits per heavy atom. The van der Waals surface area contributed by atoms with Crippen molar-refractivity contribution >= 4 is 15.9 Å². The van der Waals surface area contributed by atoms with Gasteiger partial charge >= 0.3 is 0 Å². The largest absolute Gasteiger partial charge is 0.377 e. The number of amides is 1. The summed E-state index contributed by atoms with van der Waals surface area (Å²) in [5.41, 5.74) is 2.04. The number of benzene rings is 2. The van der Waals surface area contributed by atoms with E-state index in [9.17, 15) is 13.2 Å². The fourth-order valence-corrected chi connectivity index (χ4v) is 4.63. The van der Waals surface area contributed by atoms with Crippen LogP contribution in [0.2, 0.25) is 0 Å². The summed E-state index contributed by atoms with van der Waals surface area (Å²) in [4.78, 5) is 16.7. The second-order valence-corrected chi connectivity index (χ2v) is 9.41. The Hall–Kier alpha value is -3.08. The highest BCUT2D eigenvalue weighted by Crippen LogP contribution is 2.18. The molecule has 2 atom stereocenters. The zero-order valence-corrected chi connectivity index (χ0v) is 18.5. The van der Waals surface area contributed by atoms with Gasteiger partial charge in [-0.3, -0.25) is 4.79 Å². The first-order valence-corrected chi connectivity index (χ1v) is 11.9. The van der Waals surface area contributed by atoms with Crippen LogP contribution in [-0.4, -0.2) is 48.3 Å². The van der Waals surface area contributed by atoms with Gasteiger partial charge in [-0.05, 0) is 55.7 Å². The molecular weight excluding hydrogens is 430 g/mol. The summed E-state index contributed by atoms with van der Waals surface area (Å²) >= 11 is 0. The maximum atomic E-state index is 12.8. The highest BCUT2D eigenvalue weighted by molar-refractivity contribution is 7.89. The zero-order valence-electron chi connectivity index (χ0n) is 17.6. The molecule has 168 valence electrons. The molecule has 0 saturated carbocycles. The summed E-state index contributed by atoms with van der Waals surface area (Å²) in [6, 6.07) is 13.3. The second kappa shape index (κ2) is 9.60. The summed E-state index contributed by atoms with van der Waals surface area (Å²) in [6.07, 6.45) is 4.74. The van der Waals surface area contributed by atoms with E-state index in [1.54, 1.807) is 23.1 Å². The molecule has 10 heteroatoms. The van der Waals surface area contributed by atoms with E-state index in [4.69, 9.17) is 4.74 Å². The van der Waals surface area contributed by atoms with Gasteiger partial charge < -0.3 is 10.1 Å². The number of hydrogen-bond donors (Lipinski definition) is 2. The number of rotatable bonds is 8. The quantitative estimate of drug-likeness (QED) is 0.538. The lowest BCUT2D eigenvalue weighted by Gasteiger charge is -2.16. The molecule has 2 N–H and O–H groups in total. The van der Waals surface area contributed by atoms with E-state index < -0.39 is 10.0 Å². The molecule has 1 fully saturated rings. The van der Waals surface area contributed by atoms with Gasteiger partial charge in [-0.25, -0.2) is 22.8 Å².